The van der Waals surface area contributed by atoms with Gasteiger partial charge in [0.15, 0.2) is 5.17 Å². The summed E-state index contributed by atoms with van der Waals surface area (Å²) in [5.74, 6) is 0.642. The lowest BCUT2D eigenvalue weighted by Gasteiger charge is -2.11. The summed E-state index contributed by atoms with van der Waals surface area (Å²) in [5.41, 5.74) is 4.70. The number of nitrogens with one attached hydrogen (secondary N) is 2. The second-order valence-electron chi connectivity index (χ2n) is 6.85. The largest absolute Gasteiger partial charge is 0.335 e. The number of hydrogen-bond donors (Lipinski definition) is 2. The molecule has 2 aromatic carbocycles. The second-order valence-corrected chi connectivity index (χ2v) is 7.85. The molecule has 1 amide bonds. The average Bonchev–Trinajstić information content (AvgIpc) is 3.25. The van der Waals surface area contributed by atoms with E-state index in [9.17, 15) is 4.79 Å². The summed E-state index contributed by atoms with van der Waals surface area (Å²) in [4.78, 5) is 21.6. The zero-order valence-electron chi connectivity index (χ0n) is 16.3. The number of anilines is 2. The van der Waals surface area contributed by atoms with Gasteiger partial charge in [-0.05, 0) is 60.5 Å². The summed E-state index contributed by atoms with van der Waals surface area (Å²) in [5, 5.41) is 15.9. The van der Waals surface area contributed by atoms with Crippen molar-refractivity contribution in [3.05, 3.63) is 89.2 Å². The quantitative estimate of drug-likeness (QED) is 0.643. The van der Waals surface area contributed by atoms with E-state index in [-0.39, 0.29) is 11.9 Å². The minimum atomic E-state index is -0.211. The molecule has 2 heterocycles. The van der Waals surface area contributed by atoms with E-state index in [1.54, 1.807) is 48.3 Å². The summed E-state index contributed by atoms with van der Waals surface area (Å²) in [7, 11) is 0. The van der Waals surface area contributed by atoms with E-state index in [4.69, 9.17) is 10.3 Å². The van der Waals surface area contributed by atoms with E-state index in [0.717, 1.165) is 27.7 Å². The lowest BCUT2D eigenvalue weighted by molar-refractivity contribution is 0.102. The predicted molar refractivity (Wildman–Crippen MR) is 121 cm³/mol. The van der Waals surface area contributed by atoms with Gasteiger partial charge in [0, 0.05) is 35.1 Å². The smallest absolute Gasteiger partial charge is 0.255 e. The van der Waals surface area contributed by atoms with Crippen LogP contribution < -0.4 is 10.6 Å². The molecule has 0 spiro atoms. The van der Waals surface area contributed by atoms with Gasteiger partial charge in [0.1, 0.15) is 0 Å². The molecule has 1 aromatic heterocycles. The standard InChI is InChI=1S/C23H19N5OS/c1-15-4-7-17(22(29)26-19-8-5-16(12-24)6-9-19)11-20(15)27-23-28-21(14-30-23)18-3-2-10-25-13-18/h2-11,13,21H,14H2,1H3,(H,26,29)(H,27,28). The second kappa shape index (κ2) is 8.80. The van der Waals surface area contributed by atoms with Crippen molar-refractivity contribution in [2.45, 2.75) is 13.0 Å². The minimum Gasteiger partial charge on any atom is -0.335 e. The van der Waals surface area contributed by atoms with E-state index in [1.807, 2.05) is 37.4 Å². The number of carbonyl (C=O) groups is 1. The molecule has 30 heavy (non-hydrogen) atoms. The molecule has 4 rings (SSSR count). The number of aryl methyl sites for hydroxylation is 1. The molecule has 1 aliphatic heterocycles. The third kappa shape index (κ3) is 4.50. The van der Waals surface area contributed by atoms with Crippen molar-refractivity contribution in [1.29, 1.82) is 5.26 Å². The number of rotatable bonds is 4. The van der Waals surface area contributed by atoms with Crippen molar-refractivity contribution in [1.82, 2.24) is 4.98 Å². The van der Waals surface area contributed by atoms with E-state index in [1.165, 1.54) is 0 Å². The van der Waals surface area contributed by atoms with Crippen molar-refractivity contribution < 1.29 is 4.79 Å². The van der Waals surface area contributed by atoms with Gasteiger partial charge in [-0.3, -0.25) is 14.8 Å². The normalized spacial score (nSPS) is 15.2. The third-order valence-electron chi connectivity index (χ3n) is 4.73. The van der Waals surface area contributed by atoms with Crippen LogP contribution in [-0.2, 0) is 0 Å². The molecule has 1 unspecified atom stereocenters. The Hall–Kier alpha value is -3.63. The molecule has 1 atom stereocenters. The lowest BCUT2D eigenvalue weighted by atomic mass is 10.1. The highest BCUT2D eigenvalue weighted by Gasteiger charge is 2.21. The van der Waals surface area contributed by atoms with Crippen LogP contribution >= 0.6 is 11.8 Å². The topological polar surface area (TPSA) is 90.2 Å². The lowest BCUT2D eigenvalue weighted by Crippen LogP contribution is -2.13. The Bertz CT molecular complexity index is 1140. The maximum Gasteiger partial charge on any atom is 0.255 e. The van der Waals surface area contributed by atoms with E-state index in [2.05, 4.69) is 21.7 Å². The van der Waals surface area contributed by atoms with Gasteiger partial charge in [0.25, 0.3) is 5.91 Å². The Balaban J connectivity index is 1.48. The highest BCUT2D eigenvalue weighted by atomic mass is 32.2. The zero-order chi connectivity index (χ0) is 20.9. The Kier molecular flexibility index (Phi) is 5.77. The Labute approximate surface area is 179 Å². The first-order valence-electron chi connectivity index (χ1n) is 9.42. The van der Waals surface area contributed by atoms with Gasteiger partial charge in [-0.1, -0.05) is 23.9 Å². The third-order valence-corrected chi connectivity index (χ3v) is 5.70. The van der Waals surface area contributed by atoms with Gasteiger partial charge < -0.3 is 10.6 Å². The number of nitriles is 1. The highest BCUT2D eigenvalue weighted by Crippen LogP contribution is 2.31. The van der Waals surface area contributed by atoms with E-state index < -0.39 is 0 Å². The average molecular weight is 414 g/mol. The summed E-state index contributed by atoms with van der Waals surface area (Å²) in [6, 6.07) is 18.4. The molecule has 0 bridgehead atoms. The number of pyridine rings is 1. The van der Waals surface area contributed by atoms with Crippen molar-refractivity contribution in [2.24, 2.45) is 4.99 Å². The molecule has 148 valence electrons. The van der Waals surface area contributed by atoms with Crippen LogP contribution in [0.5, 0.6) is 0 Å². The van der Waals surface area contributed by atoms with Crippen LogP contribution in [0.3, 0.4) is 0 Å². The first kappa shape index (κ1) is 19.7. The van der Waals surface area contributed by atoms with Gasteiger partial charge in [-0.2, -0.15) is 5.26 Å². The Morgan fingerprint density at radius 1 is 1.20 bits per heavy atom. The van der Waals surface area contributed by atoms with Gasteiger partial charge in [0.2, 0.25) is 0 Å². The first-order valence-corrected chi connectivity index (χ1v) is 10.4. The SMILES string of the molecule is Cc1ccc(C(=O)Nc2ccc(C#N)cc2)cc1NC1=NC(c2cccnc2)CS1. The van der Waals surface area contributed by atoms with Crippen LogP contribution in [0.1, 0.15) is 33.1 Å². The van der Waals surface area contributed by atoms with Crippen LogP contribution in [0.15, 0.2) is 72.0 Å². The van der Waals surface area contributed by atoms with Crippen molar-refractivity contribution in [2.75, 3.05) is 16.4 Å². The van der Waals surface area contributed by atoms with Crippen molar-refractivity contribution >= 4 is 34.2 Å². The molecular formula is C23H19N5OS. The molecule has 3 aromatic rings. The number of carbonyl (C=O) groups excluding carboxylic acids is 1. The van der Waals surface area contributed by atoms with Crippen molar-refractivity contribution in [3.8, 4) is 6.07 Å². The number of amides is 1. The number of hydrogen-bond acceptors (Lipinski definition) is 6. The molecular weight excluding hydrogens is 394 g/mol. The Morgan fingerprint density at radius 2 is 2.03 bits per heavy atom. The first-order chi connectivity index (χ1) is 14.6. The molecule has 0 aliphatic carbocycles. The molecule has 0 saturated heterocycles. The van der Waals surface area contributed by atoms with Crippen LogP contribution in [-0.4, -0.2) is 21.8 Å². The fourth-order valence-corrected chi connectivity index (χ4v) is 4.00. The molecule has 7 heteroatoms. The fourth-order valence-electron chi connectivity index (χ4n) is 3.03. The Morgan fingerprint density at radius 3 is 2.77 bits per heavy atom. The molecule has 2 N–H and O–H groups in total. The minimum absolute atomic E-state index is 0.0781. The maximum atomic E-state index is 12.7. The molecule has 0 saturated carbocycles. The number of benzene rings is 2. The molecule has 1 aliphatic rings. The summed E-state index contributed by atoms with van der Waals surface area (Å²) < 4.78 is 0. The number of nitrogens with zero attached hydrogens (tertiary/aromatic N) is 3. The van der Waals surface area contributed by atoms with Crippen LogP contribution in [0.25, 0.3) is 0 Å². The highest BCUT2D eigenvalue weighted by molar-refractivity contribution is 8.14. The summed E-state index contributed by atoms with van der Waals surface area (Å²) >= 11 is 1.65. The molecule has 0 radical (unpaired) electrons. The predicted octanol–water partition coefficient (Wildman–Crippen LogP) is 4.77. The van der Waals surface area contributed by atoms with Crippen LogP contribution in [0.2, 0.25) is 0 Å². The van der Waals surface area contributed by atoms with Gasteiger partial charge in [-0.15, -0.1) is 0 Å². The zero-order valence-corrected chi connectivity index (χ0v) is 17.1. The molecule has 0 fully saturated rings. The molecule has 6 nitrogen and oxygen atoms in total. The van der Waals surface area contributed by atoms with Crippen LogP contribution in [0, 0.1) is 18.3 Å². The number of aliphatic imine (C=N–C) groups is 1. The summed E-state index contributed by atoms with van der Waals surface area (Å²) in [6.45, 7) is 1.99. The van der Waals surface area contributed by atoms with Crippen LogP contribution in [0.4, 0.5) is 11.4 Å². The van der Waals surface area contributed by atoms with Gasteiger partial charge >= 0.3 is 0 Å². The van der Waals surface area contributed by atoms with E-state index >= 15 is 0 Å². The monoisotopic (exact) mass is 413 g/mol. The summed E-state index contributed by atoms with van der Waals surface area (Å²) in [6.07, 6.45) is 3.60. The number of thioether (sulfide) groups is 1. The van der Waals surface area contributed by atoms with Gasteiger partial charge in [0.05, 0.1) is 17.7 Å². The number of aromatic nitrogens is 1. The maximum absolute atomic E-state index is 12.7. The van der Waals surface area contributed by atoms with Gasteiger partial charge in [-0.25, -0.2) is 0 Å². The van der Waals surface area contributed by atoms with E-state index in [0.29, 0.717) is 16.8 Å². The fraction of sp³-hybridized carbons (Fsp3) is 0.130. The van der Waals surface area contributed by atoms with Crippen molar-refractivity contribution in [3.63, 3.8) is 0 Å². The number of amidine groups is 1.